The van der Waals surface area contributed by atoms with Crippen LogP contribution in [0.4, 0.5) is 4.39 Å². The third kappa shape index (κ3) is 2.86. The Balaban J connectivity index is 2.54. The Morgan fingerprint density at radius 1 is 1.40 bits per heavy atom. The number of aliphatic hydroxyl groups is 1. The van der Waals surface area contributed by atoms with Crippen LogP contribution in [0.15, 0.2) is 18.2 Å². The Hall–Kier alpha value is -1.39. The fourth-order valence-electron chi connectivity index (χ4n) is 2.20. The first-order valence-electron chi connectivity index (χ1n) is 6.57. The van der Waals surface area contributed by atoms with Crippen molar-refractivity contribution in [3.8, 4) is 5.69 Å². The van der Waals surface area contributed by atoms with Gasteiger partial charge >= 0.3 is 0 Å². The molecule has 1 heterocycles. The van der Waals surface area contributed by atoms with Crippen molar-refractivity contribution in [1.29, 1.82) is 0 Å². The molecule has 1 N–H and O–H groups in total. The summed E-state index contributed by atoms with van der Waals surface area (Å²) < 4.78 is 14.8. The third-order valence-electron chi connectivity index (χ3n) is 3.15. The van der Waals surface area contributed by atoms with Crippen molar-refractivity contribution in [1.82, 2.24) is 9.78 Å². The SMILES string of the molecule is Cc1cc(F)ccc1-n1nc(CC(C)C)c(CO)c1Cl. The lowest BCUT2D eigenvalue weighted by molar-refractivity contribution is 0.280. The van der Waals surface area contributed by atoms with Crippen molar-refractivity contribution in [3.05, 3.63) is 46.0 Å². The maximum atomic E-state index is 13.2. The number of nitrogens with zero attached hydrogens (tertiary/aromatic N) is 2. The van der Waals surface area contributed by atoms with Crippen LogP contribution in [0.2, 0.25) is 5.15 Å². The van der Waals surface area contributed by atoms with Gasteiger partial charge in [-0.2, -0.15) is 5.10 Å². The third-order valence-corrected chi connectivity index (χ3v) is 3.54. The lowest BCUT2D eigenvalue weighted by Gasteiger charge is -2.07. The van der Waals surface area contributed by atoms with Gasteiger partial charge < -0.3 is 5.11 Å². The zero-order chi connectivity index (χ0) is 14.9. The predicted octanol–water partition coefficient (Wildman–Crippen LogP) is 3.66. The molecule has 0 spiro atoms. The van der Waals surface area contributed by atoms with Gasteiger partial charge in [0.25, 0.3) is 0 Å². The van der Waals surface area contributed by atoms with E-state index < -0.39 is 0 Å². The van der Waals surface area contributed by atoms with Gasteiger partial charge in [-0.1, -0.05) is 25.4 Å². The minimum Gasteiger partial charge on any atom is -0.391 e. The zero-order valence-corrected chi connectivity index (χ0v) is 12.6. The van der Waals surface area contributed by atoms with Crippen molar-refractivity contribution in [3.63, 3.8) is 0 Å². The summed E-state index contributed by atoms with van der Waals surface area (Å²) in [4.78, 5) is 0. The largest absolute Gasteiger partial charge is 0.391 e. The van der Waals surface area contributed by atoms with Gasteiger partial charge in [0.1, 0.15) is 11.0 Å². The Kier molecular flexibility index (Phi) is 4.45. The predicted molar refractivity (Wildman–Crippen MR) is 77.7 cm³/mol. The van der Waals surface area contributed by atoms with E-state index in [-0.39, 0.29) is 12.4 Å². The van der Waals surface area contributed by atoms with E-state index in [1.165, 1.54) is 12.1 Å². The van der Waals surface area contributed by atoms with Gasteiger partial charge in [-0.25, -0.2) is 9.07 Å². The highest BCUT2D eigenvalue weighted by Crippen LogP contribution is 2.27. The second-order valence-electron chi connectivity index (χ2n) is 5.31. The molecule has 0 amide bonds. The fraction of sp³-hybridized carbons (Fsp3) is 0.400. The van der Waals surface area contributed by atoms with Crippen LogP contribution in [0.5, 0.6) is 0 Å². The second kappa shape index (κ2) is 5.94. The molecular weight excluding hydrogens is 279 g/mol. The van der Waals surface area contributed by atoms with Gasteiger partial charge in [0.2, 0.25) is 0 Å². The molecule has 0 atom stereocenters. The van der Waals surface area contributed by atoms with Crippen molar-refractivity contribution in [2.24, 2.45) is 5.92 Å². The lowest BCUT2D eigenvalue weighted by atomic mass is 10.1. The highest BCUT2D eigenvalue weighted by molar-refractivity contribution is 6.30. The van der Waals surface area contributed by atoms with E-state index in [4.69, 9.17) is 11.6 Å². The number of benzene rings is 1. The van der Waals surface area contributed by atoms with Gasteiger partial charge in [-0.3, -0.25) is 0 Å². The van der Waals surface area contributed by atoms with Crippen LogP contribution < -0.4 is 0 Å². The topological polar surface area (TPSA) is 38.0 Å². The molecule has 0 radical (unpaired) electrons. The molecule has 0 saturated carbocycles. The lowest BCUT2D eigenvalue weighted by Crippen LogP contribution is -2.02. The molecular formula is C15H18ClFN2O. The highest BCUT2D eigenvalue weighted by atomic mass is 35.5. The summed E-state index contributed by atoms with van der Waals surface area (Å²) in [7, 11) is 0. The Morgan fingerprint density at radius 3 is 2.65 bits per heavy atom. The van der Waals surface area contributed by atoms with Crippen molar-refractivity contribution in [2.45, 2.75) is 33.8 Å². The summed E-state index contributed by atoms with van der Waals surface area (Å²) in [6.07, 6.45) is 0.739. The van der Waals surface area contributed by atoms with Crippen LogP contribution in [0, 0.1) is 18.7 Å². The maximum absolute atomic E-state index is 13.2. The van der Waals surface area contributed by atoms with Crippen molar-refractivity contribution >= 4 is 11.6 Å². The van der Waals surface area contributed by atoms with Crippen LogP contribution in [0.3, 0.4) is 0 Å². The molecule has 0 saturated heterocycles. The average Bonchev–Trinajstić information content (AvgIpc) is 2.65. The Bertz CT molecular complexity index is 623. The standard InChI is InChI=1S/C15H18ClFN2O/c1-9(2)6-13-12(8-20)15(16)19(18-13)14-5-4-11(17)7-10(14)3/h4-5,7,9,20H,6,8H2,1-3H3. The number of aromatic nitrogens is 2. The van der Waals surface area contributed by atoms with Crippen molar-refractivity contribution in [2.75, 3.05) is 0 Å². The Morgan fingerprint density at radius 2 is 2.10 bits per heavy atom. The molecule has 0 bridgehead atoms. The first-order valence-corrected chi connectivity index (χ1v) is 6.95. The van der Waals surface area contributed by atoms with Gasteiger partial charge in [0.15, 0.2) is 0 Å². The summed E-state index contributed by atoms with van der Waals surface area (Å²) in [6.45, 7) is 5.81. The highest BCUT2D eigenvalue weighted by Gasteiger charge is 2.18. The number of rotatable bonds is 4. The molecule has 0 aliphatic heterocycles. The molecule has 0 aliphatic rings. The molecule has 2 rings (SSSR count). The maximum Gasteiger partial charge on any atom is 0.138 e. The van der Waals surface area contributed by atoms with Gasteiger partial charge in [0.05, 0.1) is 18.0 Å². The van der Waals surface area contributed by atoms with E-state index in [0.717, 1.165) is 23.4 Å². The average molecular weight is 297 g/mol. The Labute approximate surface area is 123 Å². The van der Waals surface area contributed by atoms with Crippen LogP contribution >= 0.6 is 11.6 Å². The molecule has 0 unspecified atom stereocenters. The fourth-order valence-corrected chi connectivity index (χ4v) is 2.49. The monoisotopic (exact) mass is 296 g/mol. The molecule has 3 nitrogen and oxygen atoms in total. The molecule has 0 aliphatic carbocycles. The minimum absolute atomic E-state index is 0.152. The summed E-state index contributed by atoms with van der Waals surface area (Å²) >= 11 is 6.31. The number of aryl methyl sites for hydroxylation is 1. The van der Waals surface area contributed by atoms with Crippen molar-refractivity contribution < 1.29 is 9.50 Å². The molecule has 108 valence electrons. The quantitative estimate of drug-likeness (QED) is 0.935. The molecule has 5 heteroatoms. The zero-order valence-electron chi connectivity index (χ0n) is 11.8. The molecule has 1 aromatic carbocycles. The number of halogens is 2. The summed E-state index contributed by atoms with van der Waals surface area (Å²) in [5.41, 5.74) is 2.90. The van der Waals surface area contributed by atoms with Gasteiger partial charge in [0, 0.05) is 5.56 Å². The van der Waals surface area contributed by atoms with Gasteiger partial charge in [-0.05, 0) is 43.0 Å². The number of hydrogen-bond donors (Lipinski definition) is 1. The molecule has 1 aromatic heterocycles. The molecule has 20 heavy (non-hydrogen) atoms. The number of aliphatic hydroxyl groups excluding tert-OH is 1. The molecule has 0 fully saturated rings. The first kappa shape index (κ1) is 15.0. The first-order chi connectivity index (χ1) is 9.43. The summed E-state index contributed by atoms with van der Waals surface area (Å²) in [5, 5.41) is 14.4. The normalized spacial score (nSPS) is 11.3. The summed E-state index contributed by atoms with van der Waals surface area (Å²) in [6, 6.07) is 4.46. The van der Waals surface area contributed by atoms with E-state index in [0.29, 0.717) is 16.6 Å². The summed E-state index contributed by atoms with van der Waals surface area (Å²) in [5.74, 6) is 0.119. The van der Waals surface area contributed by atoms with Crippen LogP contribution in [0.25, 0.3) is 5.69 Å². The minimum atomic E-state index is -0.292. The number of hydrogen-bond acceptors (Lipinski definition) is 2. The van der Waals surface area contributed by atoms with Crippen LogP contribution in [0.1, 0.15) is 30.7 Å². The van der Waals surface area contributed by atoms with E-state index >= 15 is 0 Å². The second-order valence-corrected chi connectivity index (χ2v) is 5.67. The van der Waals surface area contributed by atoms with E-state index in [1.54, 1.807) is 17.7 Å². The van der Waals surface area contributed by atoms with Crippen LogP contribution in [-0.4, -0.2) is 14.9 Å². The van der Waals surface area contributed by atoms with Gasteiger partial charge in [-0.15, -0.1) is 0 Å². The molecule has 2 aromatic rings. The van der Waals surface area contributed by atoms with E-state index in [1.807, 2.05) is 0 Å². The van der Waals surface area contributed by atoms with E-state index in [2.05, 4.69) is 18.9 Å². The van der Waals surface area contributed by atoms with E-state index in [9.17, 15) is 9.50 Å². The smallest absolute Gasteiger partial charge is 0.138 e. The van der Waals surface area contributed by atoms with Crippen LogP contribution in [-0.2, 0) is 13.0 Å².